The van der Waals surface area contributed by atoms with Gasteiger partial charge in [0.25, 0.3) is 0 Å². The van der Waals surface area contributed by atoms with Gasteiger partial charge in [0.1, 0.15) is 0 Å². The fourth-order valence-electron chi connectivity index (χ4n) is 3.52. The Kier molecular flexibility index (Phi) is 9.64. The maximum Gasteiger partial charge on any atom is 0.193 e. The third kappa shape index (κ3) is 7.51. The molecule has 1 fully saturated rings. The van der Waals surface area contributed by atoms with E-state index in [1.807, 2.05) is 0 Å². The summed E-state index contributed by atoms with van der Waals surface area (Å²) in [5.41, 5.74) is 4.07. The molecular weight excluding hydrogens is 338 g/mol. The molecule has 0 saturated carbocycles. The third-order valence-electron chi connectivity index (χ3n) is 5.06. The molecule has 1 aliphatic heterocycles. The van der Waals surface area contributed by atoms with Crippen molar-refractivity contribution >= 4 is 5.96 Å². The highest BCUT2D eigenvalue weighted by atomic mass is 16.5. The van der Waals surface area contributed by atoms with Crippen molar-refractivity contribution in [2.24, 2.45) is 4.99 Å². The topological polar surface area (TPSA) is 46.1 Å². The smallest absolute Gasteiger partial charge is 0.193 e. The number of benzene rings is 1. The van der Waals surface area contributed by atoms with E-state index in [0.29, 0.717) is 6.10 Å². The number of methoxy groups -OCH3 is 1. The van der Waals surface area contributed by atoms with E-state index in [0.717, 1.165) is 71.0 Å². The first-order chi connectivity index (χ1) is 13.1. The molecule has 0 aliphatic carbocycles. The second-order valence-corrected chi connectivity index (χ2v) is 7.32. The second kappa shape index (κ2) is 12.0. The van der Waals surface area contributed by atoms with E-state index < -0.39 is 0 Å². The molecule has 1 aliphatic rings. The third-order valence-corrected chi connectivity index (χ3v) is 5.06. The minimum atomic E-state index is 0.371. The first kappa shape index (κ1) is 21.7. The summed E-state index contributed by atoms with van der Waals surface area (Å²) in [7, 11) is 1.74. The first-order valence-corrected chi connectivity index (χ1v) is 10.3. The molecule has 0 bridgehead atoms. The van der Waals surface area contributed by atoms with Gasteiger partial charge in [-0.1, -0.05) is 23.8 Å². The van der Waals surface area contributed by atoms with Gasteiger partial charge in [0.15, 0.2) is 5.96 Å². The molecule has 1 N–H and O–H groups in total. The highest BCUT2D eigenvalue weighted by molar-refractivity contribution is 5.80. The number of rotatable bonds is 9. The van der Waals surface area contributed by atoms with Gasteiger partial charge in [0.2, 0.25) is 0 Å². The van der Waals surface area contributed by atoms with Crippen LogP contribution in [0.1, 0.15) is 42.9 Å². The van der Waals surface area contributed by atoms with Gasteiger partial charge >= 0.3 is 0 Å². The zero-order valence-electron chi connectivity index (χ0n) is 17.6. The second-order valence-electron chi connectivity index (χ2n) is 7.32. The van der Waals surface area contributed by atoms with Crippen molar-refractivity contribution in [2.45, 2.75) is 52.6 Å². The molecule has 0 atom stereocenters. The molecule has 0 aromatic heterocycles. The maximum absolute atomic E-state index is 5.97. The summed E-state index contributed by atoms with van der Waals surface area (Å²) in [4.78, 5) is 7.26. The highest BCUT2D eigenvalue weighted by Gasteiger charge is 2.21. The molecule has 1 aromatic rings. The first-order valence-electron chi connectivity index (χ1n) is 10.3. The molecule has 1 heterocycles. The molecule has 0 spiro atoms. The lowest BCUT2D eigenvalue weighted by Crippen LogP contribution is -2.47. The zero-order chi connectivity index (χ0) is 19.5. The summed E-state index contributed by atoms with van der Waals surface area (Å²) < 4.78 is 11.0. The largest absolute Gasteiger partial charge is 0.385 e. The van der Waals surface area contributed by atoms with Crippen molar-refractivity contribution in [2.75, 3.05) is 46.5 Å². The van der Waals surface area contributed by atoms with Gasteiger partial charge in [-0.05, 0) is 57.6 Å². The monoisotopic (exact) mass is 375 g/mol. The highest BCUT2D eigenvalue weighted by Crippen LogP contribution is 2.15. The summed E-state index contributed by atoms with van der Waals surface area (Å²) in [6, 6.07) is 6.68. The summed E-state index contributed by atoms with van der Waals surface area (Å²) in [6.45, 7) is 11.8. The van der Waals surface area contributed by atoms with Crippen LogP contribution in [0.25, 0.3) is 0 Å². The van der Waals surface area contributed by atoms with Gasteiger partial charge in [-0.3, -0.25) is 4.99 Å². The normalized spacial score (nSPS) is 16.0. The molecule has 5 heteroatoms. The summed E-state index contributed by atoms with van der Waals surface area (Å²) in [6.07, 6.45) is 4.46. The van der Waals surface area contributed by atoms with Crippen LogP contribution in [-0.4, -0.2) is 63.5 Å². The van der Waals surface area contributed by atoms with E-state index in [-0.39, 0.29) is 0 Å². The van der Waals surface area contributed by atoms with E-state index in [1.54, 1.807) is 7.11 Å². The van der Waals surface area contributed by atoms with Crippen LogP contribution in [0.15, 0.2) is 23.2 Å². The van der Waals surface area contributed by atoms with E-state index >= 15 is 0 Å². The van der Waals surface area contributed by atoms with E-state index in [1.165, 1.54) is 16.7 Å². The average Bonchev–Trinajstić information content (AvgIpc) is 2.67. The minimum absolute atomic E-state index is 0.371. The quantitative estimate of drug-likeness (QED) is 0.409. The number of likely N-dealkylation sites (tertiary alicyclic amines) is 1. The number of guanidine groups is 1. The van der Waals surface area contributed by atoms with Crippen molar-refractivity contribution in [1.29, 1.82) is 0 Å². The van der Waals surface area contributed by atoms with Crippen molar-refractivity contribution in [3.63, 3.8) is 0 Å². The van der Waals surface area contributed by atoms with E-state index in [4.69, 9.17) is 14.5 Å². The lowest BCUT2D eigenvalue weighted by atomic mass is 10.0. The van der Waals surface area contributed by atoms with E-state index in [2.05, 4.69) is 49.2 Å². The van der Waals surface area contributed by atoms with Crippen LogP contribution in [0.5, 0.6) is 0 Å². The summed E-state index contributed by atoms with van der Waals surface area (Å²) in [5, 5.41) is 3.46. The Labute approximate surface area is 165 Å². The number of hydrogen-bond donors (Lipinski definition) is 1. The summed E-state index contributed by atoms with van der Waals surface area (Å²) in [5.74, 6) is 1.04. The zero-order valence-corrected chi connectivity index (χ0v) is 17.6. The SMILES string of the molecule is CCNC(=NCCc1ccc(C)cc1C)N1CCC(OCCCOC)CC1. The Bertz CT molecular complexity index is 581. The van der Waals surface area contributed by atoms with Crippen LogP contribution in [0.2, 0.25) is 0 Å². The fraction of sp³-hybridized carbons (Fsp3) is 0.682. The van der Waals surface area contributed by atoms with Crippen LogP contribution in [0, 0.1) is 13.8 Å². The van der Waals surface area contributed by atoms with Gasteiger partial charge in [-0.25, -0.2) is 0 Å². The predicted octanol–water partition coefficient (Wildman–Crippen LogP) is 3.33. The van der Waals surface area contributed by atoms with Gasteiger partial charge in [-0.15, -0.1) is 0 Å². The Hall–Kier alpha value is -1.59. The Morgan fingerprint density at radius 1 is 1.22 bits per heavy atom. The molecule has 152 valence electrons. The van der Waals surface area contributed by atoms with Crippen molar-refractivity contribution in [3.05, 3.63) is 34.9 Å². The fourth-order valence-corrected chi connectivity index (χ4v) is 3.52. The lowest BCUT2D eigenvalue weighted by Gasteiger charge is -2.34. The molecule has 1 aromatic carbocycles. The number of aliphatic imine (C=N–C) groups is 1. The average molecular weight is 376 g/mol. The lowest BCUT2D eigenvalue weighted by molar-refractivity contribution is 0.00991. The van der Waals surface area contributed by atoms with Gasteiger partial charge in [0.05, 0.1) is 6.10 Å². The molecule has 2 rings (SSSR count). The molecule has 0 amide bonds. The Morgan fingerprint density at radius 3 is 2.67 bits per heavy atom. The van der Waals surface area contributed by atoms with Crippen LogP contribution < -0.4 is 5.32 Å². The molecule has 5 nitrogen and oxygen atoms in total. The molecule has 27 heavy (non-hydrogen) atoms. The molecular formula is C22H37N3O2. The number of hydrogen-bond acceptors (Lipinski definition) is 3. The van der Waals surface area contributed by atoms with Crippen LogP contribution in [0.4, 0.5) is 0 Å². The molecule has 0 unspecified atom stereocenters. The standard InChI is InChI=1S/C22H37N3O2/c1-5-23-22(24-12-9-20-8-7-18(2)17-19(20)3)25-13-10-21(11-14-25)27-16-6-15-26-4/h7-8,17,21H,5-6,9-16H2,1-4H3,(H,23,24). The maximum atomic E-state index is 5.97. The number of aryl methyl sites for hydroxylation is 2. The van der Waals surface area contributed by atoms with Crippen LogP contribution in [-0.2, 0) is 15.9 Å². The van der Waals surface area contributed by atoms with Crippen molar-refractivity contribution < 1.29 is 9.47 Å². The Balaban J connectivity index is 1.81. The molecule has 1 saturated heterocycles. The van der Waals surface area contributed by atoms with Gasteiger partial charge in [0, 0.05) is 46.5 Å². The minimum Gasteiger partial charge on any atom is -0.385 e. The van der Waals surface area contributed by atoms with Gasteiger partial charge < -0.3 is 19.7 Å². The number of ether oxygens (including phenoxy) is 2. The Morgan fingerprint density at radius 2 is 2.00 bits per heavy atom. The van der Waals surface area contributed by atoms with E-state index in [9.17, 15) is 0 Å². The summed E-state index contributed by atoms with van der Waals surface area (Å²) >= 11 is 0. The van der Waals surface area contributed by atoms with Crippen molar-refractivity contribution in [1.82, 2.24) is 10.2 Å². The predicted molar refractivity (Wildman–Crippen MR) is 113 cm³/mol. The van der Waals surface area contributed by atoms with Crippen LogP contribution in [0.3, 0.4) is 0 Å². The number of nitrogens with zero attached hydrogens (tertiary/aromatic N) is 2. The molecule has 0 radical (unpaired) electrons. The number of piperidine rings is 1. The number of nitrogens with one attached hydrogen (secondary N) is 1. The van der Waals surface area contributed by atoms with Gasteiger partial charge in [-0.2, -0.15) is 0 Å². The van der Waals surface area contributed by atoms with Crippen molar-refractivity contribution in [3.8, 4) is 0 Å². The van der Waals surface area contributed by atoms with Crippen LogP contribution >= 0.6 is 0 Å².